The van der Waals surface area contributed by atoms with E-state index >= 15 is 0 Å². The Morgan fingerprint density at radius 1 is 1.14 bits per heavy atom. The number of alkyl halides is 3. The summed E-state index contributed by atoms with van der Waals surface area (Å²) >= 11 is 0. The number of allylic oxidation sites excluding steroid dienone is 1. The monoisotopic (exact) mass is 289 g/mol. The summed E-state index contributed by atoms with van der Waals surface area (Å²) in [5, 5.41) is 8.62. The molecule has 0 spiro atoms. The van der Waals surface area contributed by atoms with Gasteiger partial charge in [-0.2, -0.15) is 18.4 Å². The van der Waals surface area contributed by atoms with Crippen LogP contribution in [0.5, 0.6) is 0 Å². The van der Waals surface area contributed by atoms with E-state index in [4.69, 9.17) is 5.26 Å². The van der Waals surface area contributed by atoms with E-state index < -0.39 is 11.9 Å². The minimum Gasteiger partial charge on any atom is -0.245 e. The molecule has 1 aromatic carbocycles. The van der Waals surface area contributed by atoms with E-state index in [-0.39, 0.29) is 0 Å². The predicted octanol–water partition coefficient (Wildman–Crippen LogP) is 3.65. The van der Waals surface area contributed by atoms with Gasteiger partial charge in [0.25, 0.3) is 0 Å². The second-order valence-electron chi connectivity index (χ2n) is 4.25. The lowest BCUT2D eigenvalue weighted by Crippen LogP contribution is -2.07. The number of fused-ring (bicyclic) bond motifs is 1. The molecule has 0 atom stereocenters. The summed E-state index contributed by atoms with van der Waals surface area (Å²) in [6.45, 7) is 0. The molecule has 1 heterocycles. The van der Waals surface area contributed by atoms with Gasteiger partial charge in [-0.05, 0) is 23.3 Å². The van der Waals surface area contributed by atoms with Crippen LogP contribution in [0.1, 0.15) is 16.8 Å². The molecule has 0 aliphatic heterocycles. The molecular formula is C15H10F3N3. The third-order valence-corrected chi connectivity index (χ3v) is 2.78. The van der Waals surface area contributed by atoms with Gasteiger partial charge in [-0.15, -0.1) is 0 Å². The van der Waals surface area contributed by atoms with Crippen molar-refractivity contribution in [2.24, 2.45) is 0 Å². The first-order valence-electron chi connectivity index (χ1n) is 6.02. The Balaban J connectivity index is 0.000000155. The van der Waals surface area contributed by atoms with E-state index in [2.05, 4.69) is 22.1 Å². The highest BCUT2D eigenvalue weighted by Crippen LogP contribution is 2.26. The van der Waals surface area contributed by atoms with Crippen molar-refractivity contribution in [3.8, 4) is 6.07 Å². The van der Waals surface area contributed by atoms with Gasteiger partial charge in [0.05, 0.1) is 6.07 Å². The summed E-state index contributed by atoms with van der Waals surface area (Å²) in [5.74, 6) is 0. The molecule has 0 amide bonds. The zero-order valence-corrected chi connectivity index (χ0v) is 10.8. The Bertz CT molecular complexity index is 685. The summed E-state index contributed by atoms with van der Waals surface area (Å²) in [6.07, 6.45) is 0.323. The van der Waals surface area contributed by atoms with Gasteiger partial charge in [-0.1, -0.05) is 24.3 Å². The van der Waals surface area contributed by atoms with Crippen molar-refractivity contribution in [1.29, 1.82) is 5.26 Å². The fourth-order valence-corrected chi connectivity index (χ4v) is 1.81. The van der Waals surface area contributed by atoms with Crippen LogP contribution in [0.4, 0.5) is 13.2 Å². The number of nitriles is 1. The molecule has 21 heavy (non-hydrogen) atoms. The average molecular weight is 289 g/mol. The summed E-state index contributed by atoms with van der Waals surface area (Å²) in [5.41, 5.74) is 2.42. The smallest absolute Gasteiger partial charge is 0.245 e. The Hall–Kier alpha value is -2.68. The SMILES string of the molecule is FC(F)(F)c1ccncn1.N#CC1=Cc2ccccc2C1. The molecule has 0 saturated carbocycles. The van der Waals surface area contributed by atoms with Crippen molar-refractivity contribution in [2.45, 2.75) is 12.6 Å². The van der Waals surface area contributed by atoms with Crippen molar-refractivity contribution < 1.29 is 13.2 Å². The summed E-state index contributed by atoms with van der Waals surface area (Å²) in [4.78, 5) is 6.36. The van der Waals surface area contributed by atoms with Crippen molar-refractivity contribution in [1.82, 2.24) is 9.97 Å². The molecule has 0 N–H and O–H groups in total. The Morgan fingerprint density at radius 2 is 1.90 bits per heavy atom. The zero-order chi connectivity index (χ0) is 15.3. The maximum absolute atomic E-state index is 11.7. The molecule has 0 saturated heterocycles. The van der Waals surface area contributed by atoms with Gasteiger partial charge in [0.15, 0.2) is 0 Å². The van der Waals surface area contributed by atoms with Gasteiger partial charge in [-0.25, -0.2) is 9.97 Å². The van der Waals surface area contributed by atoms with E-state index in [0.29, 0.717) is 0 Å². The molecule has 3 rings (SSSR count). The van der Waals surface area contributed by atoms with Gasteiger partial charge >= 0.3 is 6.18 Å². The van der Waals surface area contributed by atoms with Crippen molar-refractivity contribution >= 4 is 6.08 Å². The maximum atomic E-state index is 11.7. The minimum absolute atomic E-state index is 0.812. The van der Waals surface area contributed by atoms with Crippen LogP contribution in [0.15, 0.2) is 48.4 Å². The molecule has 1 aliphatic carbocycles. The number of hydrogen-bond acceptors (Lipinski definition) is 3. The lowest BCUT2D eigenvalue weighted by molar-refractivity contribution is -0.141. The van der Waals surface area contributed by atoms with Gasteiger partial charge < -0.3 is 0 Å². The standard InChI is InChI=1S/C10H7N.C5H3F3N2/c11-7-8-5-9-3-1-2-4-10(9)6-8;6-5(7,8)4-1-2-9-3-10-4/h1-5H,6H2;1-3H. The Kier molecular flexibility index (Phi) is 4.33. The van der Waals surface area contributed by atoms with E-state index in [1.807, 2.05) is 24.3 Å². The zero-order valence-electron chi connectivity index (χ0n) is 10.8. The minimum atomic E-state index is -4.36. The Labute approximate surface area is 119 Å². The van der Waals surface area contributed by atoms with Crippen LogP contribution < -0.4 is 0 Å². The van der Waals surface area contributed by atoms with Crippen LogP contribution in [0.2, 0.25) is 0 Å². The van der Waals surface area contributed by atoms with Gasteiger partial charge in [-0.3, -0.25) is 0 Å². The van der Waals surface area contributed by atoms with Crippen LogP contribution >= 0.6 is 0 Å². The molecule has 1 aromatic heterocycles. The third kappa shape index (κ3) is 3.89. The lowest BCUT2D eigenvalue weighted by atomic mass is 10.1. The van der Waals surface area contributed by atoms with Crippen LogP contribution in [-0.2, 0) is 12.6 Å². The molecule has 0 radical (unpaired) electrons. The van der Waals surface area contributed by atoms with Gasteiger partial charge in [0, 0.05) is 18.2 Å². The quantitative estimate of drug-likeness (QED) is 0.744. The van der Waals surface area contributed by atoms with E-state index in [1.165, 1.54) is 11.1 Å². The molecule has 0 bridgehead atoms. The lowest BCUT2D eigenvalue weighted by Gasteiger charge is -2.02. The molecule has 106 valence electrons. The molecule has 3 nitrogen and oxygen atoms in total. The normalized spacial score (nSPS) is 12.6. The molecule has 2 aromatic rings. The first-order chi connectivity index (χ1) is 10.0. The summed E-state index contributed by atoms with van der Waals surface area (Å²) < 4.78 is 35.1. The maximum Gasteiger partial charge on any atom is 0.433 e. The highest BCUT2D eigenvalue weighted by atomic mass is 19.4. The largest absolute Gasteiger partial charge is 0.433 e. The van der Waals surface area contributed by atoms with Crippen molar-refractivity contribution in [2.75, 3.05) is 0 Å². The second kappa shape index (κ2) is 6.18. The van der Waals surface area contributed by atoms with Crippen LogP contribution in [0.25, 0.3) is 6.08 Å². The first-order valence-corrected chi connectivity index (χ1v) is 6.02. The number of halogens is 3. The molecular weight excluding hydrogens is 279 g/mol. The van der Waals surface area contributed by atoms with Crippen LogP contribution in [0, 0.1) is 11.3 Å². The molecule has 0 fully saturated rings. The number of hydrogen-bond donors (Lipinski definition) is 0. The van der Waals surface area contributed by atoms with Gasteiger partial charge in [0.2, 0.25) is 0 Å². The fraction of sp³-hybridized carbons (Fsp3) is 0.133. The molecule has 0 unspecified atom stereocenters. The fourth-order valence-electron chi connectivity index (χ4n) is 1.81. The van der Waals surface area contributed by atoms with E-state index in [1.54, 1.807) is 0 Å². The van der Waals surface area contributed by atoms with Crippen LogP contribution in [0.3, 0.4) is 0 Å². The first kappa shape index (κ1) is 14.7. The highest BCUT2D eigenvalue weighted by Gasteiger charge is 2.31. The van der Waals surface area contributed by atoms with Crippen LogP contribution in [-0.4, -0.2) is 9.97 Å². The summed E-state index contributed by atoms with van der Waals surface area (Å²) in [7, 11) is 0. The van der Waals surface area contributed by atoms with Crippen molar-refractivity contribution in [3.63, 3.8) is 0 Å². The second-order valence-corrected chi connectivity index (χ2v) is 4.25. The summed E-state index contributed by atoms with van der Waals surface area (Å²) in [6, 6.07) is 11.1. The Morgan fingerprint density at radius 3 is 2.43 bits per heavy atom. The number of benzene rings is 1. The highest BCUT2D eigenvalue weighted by molar-refractivity contribution is 5.66. The molecule has 6 heteroatoms. The van der Waals surface area contributed by atoms with E-state index in [0.717, 1.165) is 30.6 Å². The molecule has 1 aliphatic rings. The average Bonchev–Trinajstić information content (AvgIpc) is 2.91. The third-order valence-electron chi connectivity index (χ3n) is 2.78. The van der Waals surface area contributed by atoms with Crippen molar-refractivity contribution in [3.05, 3.63) is 65.2 Å². The number of rotatable bonds is 0. The van der Waals surface area contributed by atoms with E-state index in [9.17, 15) is 13.2 Å². The number of aromatic nitrogens is 2. The topological polar surface area (TPSA) is 49.6 Å². The number of nitrogens with zero attached hydrogens (tertiary/aromatic N) is 3. The predicted molar refractivity (Wildman–Crippen MR) is 70.8 cm³/mol. The van der Waals surface area contributed by atoms with Gasteiger partial charge in [0.1, 0.15) is 12.0 Å².